The van der Waals surface area contributed by atoms with Crippen molar-refractivity contribution < 1.29 is 9.94 Å². The Morgan fingerprint density at radius 2 is 2.32 bits per heavy atom. The van der Waals surface area contributed by atoms with Gasteiger partial charge < -0.3 is 15.7 Å². The Morgan fingerprint density at radius 1 is 1.47 bits per heavy atom. The Hall–Kier alpha value is -1.71. The Kier molecular flexibility index (Phi) is 4.66. The molecule has 2 atom stereocenters. The van der Waals surface area contributed by atoms with Crippen LogP contribution in [0.5, 0.6) is 5.75 Å². The van der Waals surface area contributed by atoms with Crippen LogP contribution in [0, 0.1) is 5.92 Å². The smallest absolute Gasteiger partial charge is 0.170 e. The van der Waals surface area contributed by atoms with Gasteiger partial charge in [-0.05, 0) is 37.3 Å². The Bertz CT molecular complexity index is 446. The molecule has 1 aromatic rings. The number of nitrogens with zero attached hydrogens (tertiary/aromatic N) is 1. The molecule has 4 heteroatoms. The van der Waals surface area contributed by atoms with Crippen LogP contribution < -0.4 is 10.5 Å². The van der Waals surface area contributed by atoms with Gasteiger partial charge in [0.15, 0.2) is 5.84 Å². The predicted molar refractivity (Wildman–Crippen MR) is 75.6 cm³/mol. The SMILES string of the molecule is CCC1CCCC(Oc2cccc(C(N)=NO)c2)C1. The van der Waals surface area contributed by atoms with Gasteiger partial charge in [0.05, 0.1) is 6.10 Å². The van der Waals surface area contributed by atoms with Gasteiger partial charge in [0.2, 0.25) is 0 Å². The van der Waals surface area contributed by atoms with Gasteiger partial charge in [-0.15, -0.1) is 0 Å². The zero-order valence-corrected chi connectivity index (χ0v) is 11.4. The highest BCUT2D eigenvalue weighted by molar-refractivity contribution is 5.97. The highest BCUT2D eigenvalue weighted by Gasteiger charge is 2.22. The molecular weight excluding hydrogens is 240 g/mol. The van der Waals surface area contributed by atoms with Gasteiger partial charge in [0.1, 0.15) is 5.75 Å². The monoisotopic (exact) mass is 262 g/mol. The molecule has 0 aliphatic heterocycles. The summed E-state index contributed by atoms with van der Waals surface area (Å²) in [6.07, 6.45) is 6.32. The Morgan fingerprint density at radius 3 is 3.05 bits per heavy atom. The summed E-state index contributed by atoms with van der Waals surface area (Å²) in [5.74, 6) is 1.69. The van der Waals surface area contributed by atoms with E-state index in [0.29, 0.717) is 11.7 Å². The average molecular weight is 262 g/mol. The van der Waals surface area contributed by atoms with E-state index in [1.165, 1.54) is 19.3 Å². The van der Waals surface area contributed by atoms with Gasteiger partial charge in [0, 0.05) is 5.56 Å². The summed E-state index contributed by atoms with van der Waals surface area (Å²) >= 11 is 0. The van der Waals surface area contributed by atoms with Crippen LogP contribution in [0.3, 0.4) is 0 Å². The third-order valence-electron chi connectivity index (χ3n) is 3.85. The fraction of sp³-hybridized carbons (Fsp3) is 0.533. The fourth-order valence-corrected chi connectivity index (χ4v) is 2.70. The van der Waals surface area contributed by atoms with Gasteiger partial charge >= 0.3 is 0 Å². The normalized spacial score (nSPS) is 24.2. The lowest BCUT2D eigenvalue weighted by Gasteiger charge is -2.29. The molecule has 1 aliphatic carbocycles. The average Bonchev–Trinajstić information content (AvgIpc) is 2.47. The number of nitrogens with two attached hydrogens (primary N) is 1. The number of ether oxygens (including phenoxy) is 1. The summed E-state index contributed by atoms with van der Waals surface area (Å²) in [5, 5.41) is 11.7. The third kappa shape index (κ3) is 3.63. The second-order valence-corrected chi connectivity index (χ2v) is 5.19. The van der Waals surface area contributed by atoms with Gasteiger partial charge in [-0.25, -0.2) is 0 Å². The molecule has 19 heavy (non-hydrogen) atoms. The standard InChI is InChI=1S/C15H22N2O2/c1-2-11-5-3-7-13(9-11)19-14-8-4-6-12(10-14)15(16)17-18/h4,6,8,10-11,13,18H,2-3,5,7,9H2,1H3,(H2,16,17). The molecule has 0 heterocycles. The zero-order chi connectivity index (χ0) is 13.7. The van der Waals surface area contributed by atoms with E-state index < -0.39 is 0 Å². The minimum atomic E-state index is 0.112. The summed E-state index contributed by atoms with van der Waals surface area (Å²) in [5.41, 5.74) is 6.27. The molecule has 2 unspecified atom stereocenters. The van der Waals surface area contributed by atoms with E-state index in [0.717, 1.165) is 24.5 Å². The van der Waals surface area contributed by atoms with Crippen molar-refractivity contribution in [1.82, 2.24) is 0 Å². The molecule has 0 aromatic heterocycles. The molecule has 1 aromatic carbocycles. The van der Waals surface area contributed by atoms with Crippen LogP contribution in [0.1, 0.15) is 44.6 Å². The van der Waals surface area contributed by atoms with Gasteiger partial charge in [0.25, 0.3) is 0 Å². The largest absolute Gasteiger partial charge is 0.490 e. The summed E-state index contributed by atoms with van der Waals surface area (Å²) in [7, 11) is 0. The molecule has 0 saturated heterocycles. The first-order valence-electron chi connectivity index (χ1n) is 6.97. The second kappa shape index (κ2) is 6.45. The first-order valence-corrected chi connectivity index (χ1v) is 6.97. The van der Waals surface area contributed by atoms with Crippen molar-refractivity contribution in [2.75, 3.05) is 0 Å². The molecule has 104 valence electrons. The molecule has 4 nitrogen and oxygen atoms in total. The van der Waals surface area contributed by atoms with Crippen LogP contribution in [0.4, 0.5) is 0 Å². The van der Waals surface area contributed by atoms with E-state index in [-0.39, 0.29) is 5.84 Å². The lowest BCUT2D eigenvalue weighted by molar-refractivity contribution is 0.122. The van der Waals surface area contributed by atoms with Crippen LogP contribution >= 0.6 is 0 Å². The summed E-state index contributed by atoms with van der Waals surface area (Å²) < 4.78 is 6.03. The van der Waals surface area contributed by atoms with Crippen molar-refractivity contribution in [2.24, 2.45) is 16.8 Å². The zero-order valence-electron chi connectivity index (χ0n) is 11.4. The predicted octanol–water partition coefficient (Wildman–Crippen LogP) is 3.13. The number of benzene rings is 1. The molecular formula is C15H22N2O2. The van der Waals surface area contributed by atoms with E-state index in [1.807, 2.05) is 18.2 Å². The first-order chi connectivity index (χ1) is 9.22. The summed E-state index contributed by atoms with van der Waals surface area (Å²) in [6.45, 7) is 2.24. The molecule has 0 spiro atoms. The second-order valence-electron chi connectivity index (χ2n) is 5.19. The van der Waals surface area contributed by atoms with Gasteiger partial charge in [-0.2, -0.15) is 0 Å². The quantitative estimate of drug-likeness (QED) is 0.379. The Balaban J connectivity index is 2.02. The van der Waals surface area contributed by atoms with Crippen molar-refractivity contribution in [3.05, 3.63) is 29.8 Å². The van der Waals surface area contributed by atoms with Crippen LogP contribution in [-0.2, 0) is 0 Å². The van der Waals surface area contributed by atoms with Crippen molar-refractivity contribution in [3.8, 4) is 5.75 Å². The van der Waals surface area contributed by atoms with Crippen LogP contribution in [-0.4, -0.2) is 17.1 Å². The molecule has 2 rings (SSSR count). The van der Waals surface area contributed by atoms with Crippen LogP contribution in [0.2, 0.25) is 0 Å². The lowest BCUT2D eigenvalue weighted by atomic mass is 9.85. The molecule has 1 fully saturated rings. The van der Waals surface area contributed by atoms with Crippen LogP contribution in [0.15, 0.2) is 29.4 Å². The van der Waals surface area contributed by atoms with E-state index in [4.69, 9.17) is 15.7 Å². The first kappa shape index (κ1) is 13.7. The molecule has 3 N–H and O–H groups in total. The van der Waals surface area contributed by atoms with Gasteiger partial charge in [-0.1, -0.05) is 37.1 Å². The van der Waals surface area contributed by atoms with E-state index in [1.54, 1.807) is 6.07 Å². The topological polar surface area (TPSA) is 67.8 Å². The fourth-order valence-electron chi connectivity index (χ4n) is 2.70. The molecule has 1 aliphatic rings. The van der Waals surface area contributed by atoms with E-state index in [2.05, 4.69) is 12.1 Å². The molecule has 0 amide bonds. The lowest BCUT2D eigenvalue weighted by Crippen LogP contribution is -2.25. The minimum Gasteiger partial charge on any atom is -0.490 e. The van der Waals surface area contributed by atoms with Gasteiger partial charge in [-0.3, -0.25) is 0 Å². The Labute approximate surface area is 114 Å². The number of amidine groups is 1. The molecule has 1 saturated carbocycles. The summed E-state index contributed by atoms with van der Waals surface area (Å²) in [6, 6.07) is 7.41. The van der Waals surface area contributed by atoms with Crippen molar-refractivity contribution in [3.63, 3.8) is 0 Å². The van der Waals surface area contributed by atoms with Crippen molar-refractivity contribution in [1.29, 1.82) is 0 Å². The maximum absolute atomic E-state index is 8.69. The highest BCUT2D eigenvalue weighted by Crippen LogP contribution is 2.29. The number of oxime groups is 1. The number of rotatable bonds is 4. The third-order valence-corrected chi connectivity index (χ3v) is 3.85. The van der Waals surface area contributed by atoms with E-state index in [9.17, 15) is 0 Å². The van der Waals surface area contributed by atoms with E-state index >= 15 is 0 Å². The van der Waals surface area contributed by atoms with Crippen molar-refractivity contribution >= 4 is 5.84 Å². The highest BCUT2D eigenvalue weighted by atomic mass is 16.5. The summed E-state index contributed by atoms with van der Waals surface area (Å²) in [4.78, 5) is 0. The molecule has 0 bridgehead atoms. The minimum absolute atomic E-state index is 0.112. The van der Waals surface area contributed by atoms with Crippen molar-refractivity contribution in [2.45, 2.75) is 45.1 Å². The maximum atomic E-state index is 8.69. The maximum Gasteiger partial charge on any atom is 0.170 e. The van der Waals surface area contributed by atoms with Crippen LogP contribution in [0.25, 0.3) is 0 Å². The number of hydrogen-bond acceptors (Lipinski definition) is 3. The number of hydrogen-bond donors (Lipinski definition) is 2. The molecule has 0 radical (unpaired) electrons.